The van der Waals surface area contributed by atoms with Crippen molar-refractivity contribution < 1.29 is 23.8 Å². The number of fused-ring (bicyclic) bond motifs is 1. The van der Waals surface area contributed by atoms with Gasteiger partial charge in [0.2, 0.25) is 12.7 Å². The number of carbonyl (C=O) groups is 2. The number of nitrogens with zero attached hydrogens (tertiary/aromatic N) is 2. The van der Waals surface area contributed by atoms with Crippen LogP contribution >= 0.6 is 0 Å². The van der Waals surface area contributed by atoms with E-state index < -0.39 is 0 Å². The smallest absolute Gasteiger partial charge is 0.261 e. The van der Waals surface area contributed by atoms with Crippen molar-refractivity contribution in [2.24, 2.45) is 0 Å². The predicted molar refractivity (Wildman–Crippen MR) is 98.0 cm³/mol. The maximum atomic E-state index is 12.6. The van der Waals surface area contributed by atoms with Gasteiger partial charge in [-0.15, -0.1) is 0 Å². The lowest BCUT2D eigenvalue weighted by molar-refractivity contribution is -0.141. The standard InChI is InChI=1S/C20H20N2O5/c1-14-10-22(15-5-3-2-4-6-15)19(23)11-21(14)20(24)12-25-16-7-8-17-18(9-16)27-13-26-17/h2-9,14H,10-13H2,1H3/t14-/m0/s1. The minimum Gasteiger partial charge on any atom is -0.484 e. The second kappa shape index (κ2) is 7.19. The Labute approximate surface area is 157 Å². The van der Waals surface area contributed by atoms with Crippen molar-refractivity contribution in [3.05, 3.63) is 48.5 Å². The zero-order chi connectivity index (χ0) is 18.8. The molecule has 27 heavy (non-hydrogen) atoms. The molecule has 7 heteroatoms. The van der Waals surface area contributed by atoms with Gasteiger partial charge in [-0.25, -0.2) is 0 Å². The lowest BCUT2D eigenvalue weighted by Gasteiger charge is -2.39. The normalized spacial score (nSPS) is 18.6. The maximum absolute atomic E-state index is 12.6. The Morgan fingerprint density at radius 3 is 2.74 bits per heavy atom. The molecule has 0 spiro atoms. The molecule has 1 atom stereocenters. The molecule has 2 aliphatic rings. The number of piperazine rings is 1. The molecule has 2 amide bonds. The molecular weight excluding hydrogens is 348 g/mol. The van der Waals surface area contributed by atoms with E-state index in [1.165, 1.54) is 0 Å². The molecule has 0 bridgehead atoms. The highest BCUT2D eigenvalue weighted by Crippen LogP contribution is 2.35. The summed E-state index contributed by atoms with van der Waals surface area (Å²) < 4.78 is 16.1. The molecule has 2 aromatic carbocycles. The number of carbonyl (C=O) groups excluding carboxylic acids is 2. The van der Waals surface area contributed by atoms with Gasteiger partial charge in [0, 0.05) is 24.3 Å². The third kappa shape index (κ3) is 3.53. The first-order valence-corrected chi connectivity index (χ1v) is 8.79. The summed E-state index contributed by atoms with van der Waals surface area (Å²) in [6.07, 6.45) is 0. The maximum Gasteiger partial charge on any atom is 0.261 e. The minimum atomic E-state index is -0.221. The van der Waals surface area contributed by atoms with Crippen LogP contribution in [0.1, 0.15) is 6.92 Å². The van der Waals surface area contributed by atoms with Crippen LogP contribution in [0.25, 0.3) is 0 Å². The number of anilines is 1. The molecule has 2 heterocycles. The summed E-state index contributed by atoms with van der Waals surface area (Å²) in [5.74, 6) is 1.45. The van der Waals surface area contributed by atoms with Crippen LogP contribution in [-0.4, -0.2) is 49.2 Å². The van der Waals surface area contributed by atoms with Gasteiger partial charge in [0.25, 0.3) is 5.91 Å². The van der Waals surface area contributed by atoms with Gasteiger partial charge in [0.15, 0.2) is 18.1 Å². The monoisotopic (exact) mass is 368 g/mol. The van der Waals surface area contributed by atoms with Gasteiger partial charge in [0.1, 0.15) is 12.3 Å². The van der Waals surface area contributed by atoms with Crippen LogP contribution in [0.5, 0.6) is 17.2 Å². The van der Waals surface area contributed by atoms with E-state index >= 15 is 0 Å². The summed E-state index contributed by atoms with van der Waals surface area (Å²) in [6, 6.07) is 14.5. The van der Waals surface area contributed by atoms with Crippen LogP contribution in [0.15, 0.2) is 48.5 Å². The molecule has 2 aromatic rings. The Morgan fingerprint density at radius 2 is 1.93 bits per heavy atom. The van der Waals surface area contributed by atoms with Crippen LogP contribution in [0.4, 0.5) is 5.69 Å². The van der Waals surface area contributed by atoms with Gasteiger partial charge in [0.05, 0.1) is 0 Å². The first-order valence-electron chi connectivity index (χ1n) is 8.79. The quantitative estimate of drug-likeness (QED) is 0.826. The van der Waals surface area contributed by atoms with Crippen molar-refractivity contribution in [3.63, 3.8) is 0 Å². The summed E-state index contributed by atoms with van der Waals surface area (Å²) >= 11 is 0. The number of benzene rings is 2. The van der Waals surface area contributed by atoms with Gasteiger partial charge in [-0.1, -0.05) is 18.2 Å². The molecule has 1 fully saturated rings. The summed E-state index contributed by atoms with van der Waals surface area (Å²) in [7, 11) is 0. The van der Waals surface area contributed by atoms with E-state index in [1.54, 1.807) is 28.0 Å². The van der Waals surface area contributed by atoms with Crippen LogP contribution in [0, 0.1) is 0 Å². The Kier molecular flexibility index (Phi) is 4.58. The van der Waals surface area contributed by atoms with Gasteiger partial charge in [-0.3, -0.25) is 9.59 Å². The average molecular weight is 368 g/mol. The first kappa shape index (κ1) is 17.2. The SMILES string of the molecule is C[C@H]1CN(c2ccccc2)C(=O)CN1C(=O)COc1ccc2c(c1)OCO2. The highest BCUT2D eigenvalue weighted by atomic mass is 16.7. The summed E-state index contributed by atoms with van der Waals surface area (Å²) in [6.45, 7) is 2.48. The number of para-hydroxylation sites is 1. The predicted octanol–water partition coefficient (Wildman–Crippen LogP) is 2.06. The van der Waals surface area contributed by atoms with E-state index in [9.17, 15) is 9.59 Å². The van der Waals surface area contributed by atoms with Crippen LogP contribution < -0.4 is 19.1 Å². The summed E-state index contributed by atoms with van der Waals surface area (Å²) in [5.41, 5.74) is 0.845. The number of hydrogen-bond donors (Lipinski definition) is 0. The van der Waals surface area contributed by atoms with Crippen LogP contribution in [-0.2, 0) is 9.59 Å². The molecule has 0 radical (unpaired) electrons. The zero-order valence-corrected chi connectivity index (χ0v) is 15.0. The third-order valence-corrected chi connectivity index (χ3v) is 4.68. The Hall–Kier alpha value is -3.22. The largest absolute Gasteiger partial charge is 0.484 e. The number of amides is 2. The Bertz CT molecular complexity index is 855. The molecule has 0 aliphatic carbocycles. The third-order valence-electron chi connectivity index (χ3n) is 4.68. The molecule has 0 unspecified atom stereocenters. The number of ether oxygens (including phenoxy) is 3. The van der Waals surface area contributed by atoms with Crippen molar-refractivity contribution in [1.82, 2.24) is 4.90 Å². The van der Waals surface area contributed by atoms with E-state index in [1.807, 2.05) is 37.3 Å². The minimum absolute atomic E-state index is 0.0411. The van der Waals surface area contributed by atoms with Crippen molar-refractivity contribution in [3.8, 4) is 17.2 Å². The van der Waals surface area contributed by atoms with Crippen molar-refractivity contribution >= 4 is 17.5 Å². The van der Waals surface area contributed by atoms with E-state index in [0.717, 1.165) is 5.69 Å². The number of hydrogen-bond acceptors (Lipinski definition) is 5. The molecule has 1 saturated heterocycles. The van der Waals surface area contributed by atoms with E-state index in [-0.39, 0.29) is 37.8 Å². The van der Waals surface area contributed by atoms with E-state index in [4.69, 9.17) is 14.2 Å². The molecule has 4 rings (SSSR count). The van der Waals surface area contributed by atoms with E-state index in [0.29, 0.717) is 23.8 Å². The second-order valence-electron chi connectivity index (χ2n) is 6.51. The van der Waals surface area contributed by atoms with Crippen LogP contribution in [0.2, 0.25) is 0 Å². The van der Waals surface area contributed by atoms with Crippen LogP contribution in [0.3, 0.4) is 0 Å². The van der Waals surface area contributed by atoms with Gasteiger partial charge in [-0.05, 0) is 31.2 Å². The van der Waals surface area contributed by atoms with Crippen molar-refractivity contribution in [2.45, 2.75) is 13.0 Å². The Morgan fingerprint density at radius 1 is 1.15 bits per heavy atom. The molecule has 140 valence electrons. The van der Waals surface area contributed by atoms with Gasteiger partial charge >= 0.3 is 0 Å². The molecule has 7 nitrogen and oxygen atoms in total. The molecule has 2 aliphatic heterocycles. The summed E-state index contributed by atoms with van der Waals surface area (Å²) in [4.78, 5) is 28.4. The number of rotatable bonds is 4. The fourth-order valence-corrected chi connectivity index (χ4v) is 3.24. The second-order valence-corrected chi connectivity index (χ2v) is 6.51. The molecule has 0 N–H and O–H groups in total. The molecule has 0 saturated carbocycles. The first-order chi connectivity index (χ1) is 13.1. The van der Waals surface area contributed by atoms with E-state index in [2.05, 4.69) is 0 Å². The highest BCUT2D eigenvalue weighted by molar-refractivity contribution is 5.98. The van der Waals surface area contributed by atoms with Gasteiger partial charge in [-0.2, -0.15) is 0 Å². The van der Waals surface area contributed by atoms with Crippen molar-refractivity contribution in [2.75, 3.05) is 31.4 Å². The lowest BCUT2D eigenvalue weighted by atomic mass is 10.1. The lowest BCUT2D eigenvalue weighted by Crippen LogP contribution is -2.58. The highest BCUT2D eigenvalue weighted by Gasteiger charge is 2.33. The summed E-state index contributed by atoms with van der Waals surface area (Å²) in [5, 5.41) is 0. The molecular formula is C20H20N2O5. The fourth-order valence-electron chi connectivity index (χ4n) is 3.24. The fraction of sp³-hybridized carbons (Fsp3) is 0.300. The Balaban J connectivity index is 1.37. The van der Waals surface area contributed by atoms with Gasteiger partial charge < -0.3 is 24.0 Å². The average Bonchev–Trinajstić information content (AvgIpc) is 3.16. The van der Waals surface area contributed by atoms with Crippen molar-refractivity contribution in [1.29, 1.82) is 0 Å². The molecule has 0 aromatic heterocycles. The topological polar surface area (TPSA) is 68.3 Å². The zero-order valence-electron chi connectivity index (χ0n) is 15.0.